The minimum atomic E-state index is -0.000396. The van der Waals surface area contributed by atoms with Crippen LogP contribution in [0.2, 0.25) is 0 Å². The first-order valence-electron chi connectivity index (χ1n) is 7.63. The number of aryl methyl sites for hydroxylation is 1. The molecule has 118 valence electrons. The standard InChI is InChI=1S/C17H19N5O/c1-5-10(2)17(23)18-14-8-6-13(7-9-14)15-19-16-11(3)12(4)20-22(16)21-15/h6-10H,3,5H2,1-2,4H3,(H,18,23). The summed E-state index contributed by atoms with van der Waals surface area (Å²) >= 11 is 0. The molecule has 0 radical (unpaired) electrons. The number of anilines is 1. The molecule has 0 spiro atoms. The highest BCUT2D eigenvalue weighted by atomic mass is 16.1. The van der Waals surface area contributed by atoms with E-state index in [1.807, 2.05) is 45.0 Å². The van der Waals surface area contributed by atoms with Crippen LogP contribution >= 0.6 is 0 Å². The van der Waals surface area contributed by atoms with E-state index in [4.69, 9.17) is 0 Å². The quantitative estimate of drug-likeness (QED) is 0.802. The number of carbonyl (C=O) groups excluding carboxylic acids is 1. The third-order valence-corrected chi connectivity index (χ3v) is 4.01. The fourth-order valence-corrected chi connectivity index (χ4v) is 2.20. The Hall–Kier alpha value is -2.76. The second kappa shape index (κ2) is 5.79. The van der Waals surface area contributed by atoms with E-state index in [0.29, 0.717) is 11.5 Å². The van der Waals surface area contributed by atoms with E-state index in [1.54, 1.807) is 0 Å². The van der Waals surface area contributed by atoms with Gasteiger partial charge in [0.2, 0.25) is 5.91 Å². The average Bonchev–Trinajstić information content (AvgIpc) is 3.07. The lowest BCUT2D eigenvalue weighted by Gasteiger charge is -2.09. The van der Waals surface area contributed by atoms with Gasteiger partial charge in [-0.05, 0) is 37.6 Å². The molecule has 0 fully saturated rings. The summed E-state index contributed by atoms with van der Waals surface area (Å²) in [6.07, 6.45) is 0.817. The normalized spacial score (nSPS) is 12.5. The first-order chi connectivity index (χ1) is 11.0. The van der Waals surface area contributed by atoms with Gasteiger partial charge in [-0.25, -0.2) is 4.98 Å². The molecule has 6 heteroatoms. The summed E-state index contributed by atoms with van der Waals surface area (Å²) in [6.45, 7) is 9.74. The molecule has 23 heavy (non-hydrogen) atoms. The van der Waals surface area contributed by atoms with Crippen molar-refractivity contribution >= 4 is 23.8 Å². The molecule has 3 aromatic rings. The summed E-state index contributed by atoms with van der Waals surface area (Å²) in [7, 11) is 0. The highest BCUT2D eigenvalue weighted by molar-refractivity contribution is 5.92. The summed E-state index contributed by atoms with van der Waals surface area (Å²) < 4.78 is 1.51. The van der Waals surface area contributed by atoms with E-state index < -0.39 is 0 Å². The number of hydrogen-bond acceptors (Lipinski definition) is 4. The number of nitrogens with zero attached hydrogens (tertiary/aromatic N) is 4. The van der Waals surface area contributed by atoms with Crippen LogP contribution in [0.3, 0.4) is 0 Å². The van der Waals surface area contributed by atoms with Gasteiger partial charge in [0.25, 0.3) is 0 Å². The molecule has 6 nitrogen and oxygen atoms in total. The van der Waals surface area contributed by atoms with Crippen LogP contribution in [0.1, 0.15) is 26.0 Å². The van der Waals surface area contributed by atoms with Crippen LogP contribution in [-0.2, 0) is 4.79 Å². The summed E-state index contributed by atoms with van der Waals surface area (Å²) in [5.41, 5.74) is 3.14. The lowest BCUT2D eigenvalue weighted by atomic mass is 10.1. The van der Waals surface area contributed by atoms with Crippen molar-refractivity contribution in [2.24, 2.45) is 5.92 Å². The maximum atomic E-state index is 11.9. The van der Waals surface area contributed by atoms with Crippen LogP contribution in [0.15, 0.2) is 24.3 Å². The third kappa shape index (κ3) is 2.79. The number of amides is 1. The van der Waals surface area contributed by atoms with Crippen molar-refractivity contribution in [1.29, 1.82) is 0 Å². The predicted octanol–water partition coefficient (Wildman–Crippen LogP) is 2.21. The van der Waals surface area contributed by atoms with Crippen molar-refractivity contribution in [3.05, 3.63) is 35.2 Å². The first kappa shape index (κ1) is 15.1. The average molecular weight is 309 g/mol. The van der Waals surface area contributed by atoms with Crippen molar-refractivity contribution in [3.63, 3.8) is 0 Å². The number of carbonyl (C=O) groups is 1. The van der Waals surface area contributed by atoms with Crippen LogP contribution < -0.4 is 10.5 Å². The van der Waals surface area contributed by atoms with Crippen molar-refractivity contribution in [1.82, 2.24) is 19.8 Å². The van der Waals surface area contributed by atoms with E-state index in [1.165, 1.54) is 4.63 Å². The molecule has 1 aromatic carbocycles. The highest BCUT2D eigenvalue weighted by Gasteiger charge is 2.12. The van der Waals surface area contributed by atoms with Gasteiger partial charge in [-0.15, -0.1) is 9.73 Å². The SMILES string of the molecule is C=c1c(C)nn2nc(-c3ccc(NC(=O)C(C)CC)cc3)nc12. The van der Waals surface area contributed by atoms with Crippen LogP contribution in [0.25, 0.3) is 23.6 Å². The number of nitrogens with one attached hydrogen (secondary N) is 1. The fourth-order valence-electron chi connectivity index (χ4n) is 2.20. The smallest absolute Gasteiger partial charge is 0.227 e. The molecule has 1 amide bonds. The lowest BCUT2D eigenvalue weighted by Crippen LogP contribution is -2.19. The third-order valence-electron chi connectivity index (χ3n) is 4.01. The van der Waals surface area contributed by atoms with Crippen LogP contribution in [-0.4, -0.2) is 25.7 Å². The van der Waals surface area contributed by atoms with Crippen molar-refractivity contribution in [3.8, 4) is 11.4 Å². The van der Waals surface area contributed by atoms with E-state index in [2.05, 4.69) is 27.1 Å². The minimum absolute atomic E-state index is 0.000396. The lowest BCUT2D eigenvalue weighted by molar-refractivity contribution is -0.119. The van der Waals surface area contributed by atoms with Gasteiger partial charge < -0.3 is 5.32 Å². The molecule has 0 aliphatic heterocycles. The molecule has 1 unspecified atom stereocenters. The number of rotatable bonds is 4. The number of benzene rings is 1. The van der Waals surface area contributed by atoms with Gasteiger partial charge in [0, 0.05) is 22.4 Å². The number of fused-ring (bicyclic) bond motifs is 1. The summed E-state index contributed by atoms with van der Waals surface area (Å²) in [5, 5.41) is 12.3. The largest absolute Gasteiger partial charge is 0.326 e. The Kier molecular flexibility index (Phi) is 3.82. The maximum absolute atomic E-state index is 11.9. The van der Waals surface area contributed by atoms with Crippen LogP contribution in [0, 0.1) is 12.8 Å². The molecule has 0 saturated carbocycles. The Morgan fingerprint density at radius 1 is 1.30 bits per heavy atom. The van der Waals surface area contributed by atoms with E-state index in [-0.39, 0.29) is 11.8 Å². The molecule has 2 aromatic heterocycles. The summed E-state index contributed by atoms with van der Waals surface area (Å²) in [5.74, 6) is 0.622. The molecule has 1 atom stereocenters. The molecule has 0 aliphatic rings. The number of aromatic nitrogens is 4. The van der Waals surface area contributed by atoms with E-state index >= 15 is 0 Å². The summed E-state index contributed by atoms with van der Waals surface area (Å²) in [6, 6.07) is 7.48. The second-order valence-corrected chi connectivity index (χ2v) is 5.69. The molecule has 0 bridgehead atoms. The van der Waals surface area contributed by atoms with Crippen molar-refractivity contribution in [2.45, 2.75) is 27.2 Å². The Balaban J connectivity index is 1.83. The van der Waals surface area contributed by atoms with Crippen LogP contribution in [0.4, 0.5) is 5.69 Å². The predicted molar refractivity (Wildman–Crippen MR) is 89.8 cm³/mol. The van der Waals surface area contributed by atoms with Crippen molar-refractivity contribution in [2.75, 3.05) is 5.32 Å². The Bertz CT molecular complexity index is 897. The van der Waals surface area contributed by atoms with Gasteiger partial charge >= 0.3 is 0 Å². The van der Waals surface area contributed by atoms with Crippen LogP contribution in [0.5, 0.6) is 0 Å². The molecular formula is C17H19N5O. The minimum Gasteiger partial charge on any atom is -0.326 e. The molecule has 1 N–H and O–H groups in total. The van der Waals surface area contributed by atoms with Gasteiger partial charge in [-0.2, -0.15) is 5.10 Å². The fraction of sp³-hybridized carbons (Fsp3) is 0.294. The molecule has 0 aliphatic carbocycles. The Morgan fingerprint density at radius 3 is 2.61 bits per heavy atom. The number of hydrogen-bond donors (Lipinski definition) is 1. The topological polar surface area (TPSA) is 72.2 Å². The zero-order valence-electron chi connectivity index (χ0n) is 13.5. The van der Waals surface area contributed by atoms with Gasteiger partial charge in [0.1, 0.15) is 0 Å². The zero-order chi connectivity index (χ0) is 16.6. The van der Waals surface area contributed by atoms with Gasteiger partial charge in [0.15, 0.2) is 11.5 Å². The van der Waals surface area contributed by atoms with E-state index in [9.17, 15) is 4.79 Å². The van der Waals surface area contributed by atoms with Crippen molar-refractivity contribution < 1.29 is 4.79 Å². The monoisotopic (exact) mass is 309 g/mol. The Morgan fingerprint density at radius 2 is 2.00 bits per heavy atom. The first-order valence-corrected chi connectivity index (χ1v) is 7.63. The summed E-state index contributed by atoms with van der Waals surface area (Å²) in [4.78, 5) is 16.4. The Labute approximate surface area is 134 Å². The van der Waals surface area contributed by atoms with Gasteiger partial charge in [-0.1, -0.05) is 20.4 Å². The molecule has 0 saturated heterocycles. The molecular weight excluding hydrogens is 290 g/mol. The zero-order valence-corrected chi connectivity index (χ0v) is 13.5. The second-order valence-electron chi connectivity index (χ2n) is 5.69. The van der Waals surface area contributed by atoms with E-state index in [0.717, 1.165) is 28.6 Å². The van der Waals surface area contributed by atoms with Gasteiger partial charge in [0.05, 0.1) is 5.69 Å². The van der Waals surface area contributed by atoms with Gasteiger partial charge in [-0.3, -0.25) is 4.79 Å². The molecule has 3 rings (SSSR count). The molecule has 2 heterocycles. The highest BCUT2D eigenvalue weighted by Crippen LogP contribution is 2.19. The maximum Gasteiger partial charge on any atom is 0.227 e.